The summed E-state index contributed by atoms with van der Waals surface area (Å²) >= 11 is 0. The maximum atomic E-state index is 12.4. The van der Waals surface area contributed by atoms with Gasteiger partial charge in [-0.2, -0.15) is 0 Å². The van der Waals surface area contributed by atoms with E-state index in [1.54, 1.807) is 0 Å². The van der Waals surface area contributed by atoms with E-state index in [1.165, 1.54) is 57.4 Å². The Balaban J connectivity index is 0.00000225. The molecule has 5 radical (unpaired) electrons. The van der Waals surface area contributed by atoms with Crippen LogP contribution in [-0.2, 0) is 0 Å². The van der Waals surface area contributed by atoms with Gasteiger partial charge < -0.3 is 20.9 Å². The van der Waals surface area contributed by atoms with Crippen molar-refractivity contribution >= 4 is 12.1 Å². The van der Waals surface area contributed by atoms with Crippen molar-refractivity contribution in [2.45, 2.75) is 95.9 Å². The van der Waals surface area contributed by atoms with Crippen LogP contribution in [-0.4, -0.2) is 42.6 Å². The molecule has 0 spiro atoms. The van der Waals surface area contributed by atoms with E-state index in [0.29, 0.717) is 18.5 Å². The fraction of sp³-hybridized carbons (Fsp3) is 0.792. The van der Waals surface area contributed by atoms with Crippen LogP contribution in [0.15, 0.2) is 0 Å². The Morgan fingerprint density at radius 2 is 1.37 bits per heavy atom. The van der Waals surface area contributed by atoms with E-state index >= 15 is 0 Å². The second kappa shape index (κ2) is 14.5. The van der Waals surface area contributed by atoms with Gasteiger partial charge in [0.15, 0.2) is 0 Å². The Hall–Kier alpha value is -1.46. The molecule has 0 atom stereocenters. The largest absolute Gasteiger partial charge is 0.338 e. The number of urea groups is 2. The van der Waals surface area contributed by atoms with Gasteiger partial charge in [0.25, 0.3) is 0 Å². The fourth-order valence-corrected chi connectivity index (χ4v) is 4.75. The molecule has 3 fully saturated rings. The molecule has 2 saturated carbocycles. The van der Waals surface area contributed by atoms with E-state index in [-0.39, 0.29) is 26.9 Å². The van der Waals surface area contributed by atoms with Gasteiger partial charge in [0, 0.05) is 25.7 Å². The molecule has 6 nitrogen and oxygen atoms in total. The van der Waals surface area contributed by atoms with E-state index < -0.39 is 0 Å². The number of amides is 4. The predicted molar refractivity (Wildman–Crippen MR) is 123 cm³/mol. The van der Waals surface area contributed by atoms with Crippen LogP contribution in [0.4, 0.5) is 9.59 Å². The van der Waals surface area contributed by atoms with Crippen molar-refractivity contribution < 1.29 is 9.59 Å². The highest BCUT2D eigenvalue weighted by molar-refractivity contribution is 5.75. The Labute approximate surface area is 185 Å². The summed E-state index contributed by atoms with van der Waals surface area (Å²) in [6, 6.07) is 1.63. The first kappa shape index (κ1) is 26.6. The topological polar surface area (TPSA) is 73.5 Å². The average molecular weight is 420 g/mol. The predicted octanol–water partition coefficient (Wildman–Crippen LogP) is 4.97. The van der Waals surface area contributed by atoms with Gasteiger partial charge in [-0.1, -0.05) is 66.2 Å². The number of carbonyl (C=O) groups is 2. The van der Waals surface area contributed by atoms with Gasteiger partial charge in [-0.05, 0) is 44.4 Å². The number of hydrogen-bond acceptors (Lipinski definition) is 2. The number of piperidine rings is 1. The number of rotatable bonds is 4. The van der Waals surface area contributed by atoms with Gasteiger partial charge in [0.1, 0.15) is 0 Å². The molecule has 0 bridgehead atoms. The first-order chi connectivity index (χ1) is 13.7. The second-order valence-corrected chi connectivity index (χ2v) is 8.92. The average Bonchev–Trinajstić information content (AvgIpc) is 2.69. The minimum absolute atomic E-state index is 0. The van der Waals surface area contributed by atoms with Crippen LogP contribution in [0.25, 0.3) is 0 Å². The van der Waals surface area contributed by atoms with E-state index in [9.17, 15) is 9.59 Å². The first-order valence-corrected chi connectivity index (χ1v) is 11.7. The standard InChI is InChI=1S/C22H39N4O2.2CH2/c27-21(24-19-9-5-2-1-3-6-10-19)23-17-18-13-15-26(16-14-18)22(28)25-20-11-7-4-8-12-20;;/h18,20H,1-17H2,(H,25,28)(H2,23,24,27);2*1H2. The maximum Gasteiger partial charge on any atom is 0.317 e. The molecule has 4 amide bonds. The summed E-state index contributed by atoms with van der Waals surface area (Å²) in [6.07, 6.45) is 16.3. The molecule has 0 aromatic carbocycles. The van der Waals surface area contributed by atoms with Gasteiger partial charge in [-0.3, -0.25) is 0 Å². The van der Waals surface area contributed by atoms with Crippen LogP contribution in [0, 0.1) is 26.8 Å². The van der Waals surface area contributed by atoms with Crippen LogP contribution >= 0.6 is 0 Å². The number of nitrogens with one attached hydrogen (secondary N) is 3. The smallest absolute Gasteiger partial charge is 0.317 e. The van der Waals surface area contributed by atoms with Crippen LogP contribution in [0.1, 0.15) is 89.9 Å². The molecule has 1 heterocycles. The van der Waals surface area contributed by atoms with Crippen molar-refractivity contribution in [1.29, 1.82) is 0 Å². The number of nitrogens with zero attached hydrogens (tertiary/aromatic N) is 1. The second-order valence-electron chi connectivity index (χ2n) is 8.92. The lowest BCUT2D eigenvalue weighted by Gasteiger charge is -2.34. The van der Waals surface area contributed by atoms with Crippen LogP contribution in [0.3, 0.4) is 0 Å². The van der Waals surface area contributed by atoms with Gasteiger partial charge in [-0.15, -0.1) is 0 Å². The molecular weight excluding hydrogens is 376 g/mol. The highest BCUT2D eigenvalue weighted by atomic mass is 16.2. The summed E-state index contributed by atoms with van der Waals surface area (Å²) in [5.41, 5.74) is 0. The zero-order chi connectivity index (χ0) is 19.6. The van der Waals surface area contributed by atoms with Crippen molar-refractivity contribution in [2.75, 3.05) is 19.6 Å². The van der Waals surface area contributed by atoms with Gasteiger partial charge in [0.2, 0.25) is 0 Å². The van der Waals surface area contributed by atoms with Crippen LogP contribution in [0.2, 0.25) is 0 Å². The fourth-order valence-electron chi connectivity index (χ4n) is 4.75. The Kier molecular flexibility index (Phi) is 12.9. The highest BCUT2D eigenvalue weighted by Gasteiger charge is 2.25. The van der Waals surface area contributed by atoms with Crippen molar-refractivity contribution in [3.8, 4) is 0 Å². The SMILES string of the molecule is O=C(NCC1CCN(C(=O)NC2CCCCC2)CC1)N[C]1CCCCCCC1.[CH2].[CH2]. The van der Waals surface area contributed by atoms with Crippen LogP contribution < -0.4 is 16.0 Å². The molecule has 0 aromatic heterocycles. The molecule has 3 aliphatic rings. The molecular formula is C24H43N4O2. The third-order valence-electron chi connectivity index (χ3n) is 6.63. The summed E-state index contributed by atoms with van der Waals surface area (Å²) in [5.74, 6) is 0.465. The van der Waals surface area contributed by atoms with Crippen molar-refractivity contribution in [3.05, 3.63) is 20.9 Å². The van der Waals surface area contributed by atoms with E-state index in [0.717, 1.165) is 51.6 Å². The zero-order valence-corrected chi connectivity index (χ0v) is 18.9. The minimum atomic E-state index is -0.0481. The normalized spacial score (nSPS) is 21.9. The summed E-state index contributed by atoms with van der Waals surface area (Å²) < 4.78 is 0. The molecule has 2 aliphatic carbocycles. The quantitative estimate of drug-likeness (QED) is 0.602. The molecule has 1 saturated heterocycles. The molecule has 0 unspecified atom stereocenters. The summed E-state index contributed by atoms with van der Waals surface area (Å²) in [5, 5.41) is 9.36. The molecule has 30 heavy (non-hydrogen) atoms. The van der Waals surface area contributed by atoms with Crippen LogP contribution in [0.5, 0.6) is 0 Å². The maximum absolute atomic E-state index is 12.4. The van der Waals surface area contributed by atoms with E-state index in [1.807, 2.05) is 4.90 Å². The van der Waals surface area contributed by atoms with E-state index in [2.05, 4.69) is 16.0 Å². The number of hydrogen-bond donors (Lipinski definition) is 3. The monoisotopic (exact) mass is 419 g/mol. The van der Waals surface area contributed by atoms with Crippen molar-refractivity contribution in [3.63, 3.8) is 0 Å². The van der Waals surface area contributed by atoms with E-state index in [4.69, 9.17) is 0 Å². The Morgan fingerprint density at radius 1 is 0.800 bits per heavy atom. The van der Waals surface area contributed by atoms with Crippen molar-refractivity contribution in [1.82, 2.24) is 20.9 Å². The summed E-state index contributed by atoms with van der Waals surface area (Å²) in [7, 11) is 0. The minimum Gasteiger partial charge on any atom is -0.338 e. The molecule has 6 heteroatoms. The van der Waals surface area contributed by atoms with Gasteiger partial charge in [0.05, 0.1) is 6.04 Å². The molecule has 3 rings (SSSR count). The highest BCUT2D eigenvalue weighted by Crippen LogP contribution is 2.22. The Bertz CT molecular complexity index is 478. The molecule has 3 N–H and O–H groups in total. The third kappa shape index (κ3) is 9.13. The molecule has 0 aromatic rings. The summed E-state index contributed by atoms with van der Waals surface area (Å²) in [4.78, 5) is 26.6. The Morgan fingerprint density at radius 3 is 2.00 bits per heavy atom. The lowest BCUT2D eigenvalue weighted by atomic mass is 9.95. The lowest BCUT2D eigenvalue weighted by Crippen LogP contribution is -2.49. The number of carbonyl (C=O) groups excluding carboxylic acids is 2. The van der Waals surface area contributed by atoms with Crippen molar-refractivity contribution in [2.24, 2.45) is 5.92 Å². The third-order valence-corrected chi connectivity index (χ3v) is 6.63. The molecule has 171 valence electrons. The first-order valence-electron chi connectivity index (χ1n) is 11.7. The summed E-state index contributed by atoms with van der Waals surface area (Å²) in [6.45, 7) is 2.30. The lowest BCUT2D eigenvalue weighted by molar-refractivity contribution is 0.163. The van der Waals surface area contributed by atoms with Gasteiger partial charge in [-0.25, -0.2) is 9.59 Å². The zero-order valence-electron chi connectivity index (χ0n) is 18.9. The molecule has 1 aliphatic heterocycles. The van der Waals surface area contributed by atoms with Gasteiger partial charge >= 0.3 is 12.1 Å². The number of likely N-dealkylation sites (tertiary alicyclic amines) is 1.